The number of nitrogens with one attached hydrogen (secondary N) is 1. The first-order valence-corrected chi connectivity index (χ1v) is 6.54. The lowest BCUT2D eigenvalue weighted by molar-refractivity contribution is 0.412. The van der Waals surface area contributed by atoms with E-state index in [0.717, 1.165) is 12.3 Å². The quantitative estimate of drug-likeness (QED) is 0.871. The average molecular weight is 275 g/mol. The summed E-state index contributed by atoms with van der Waals surface area (Å²) in [5.41, 5.74) is 0.533. The molecule has 0 atom stereocenters. The number of methoxy groups -OCH3 is 1. The summed E-state index contributed by atoms with van der Waals surface area (Å²) in [6.45, 7) is 3.19. The minimum Gasteiger partial charge on any atom is -0.497 e. The molecule has 4 heteroatoms. The van der Waals surface area contributed by atoms with E-state index in [-0.39, 0.29) is 5.82 Å². The Bertz CT molecular complexity index is 555. The predicted molar refractivity (Wildman–Crippen MR) is 76.8 cm³/mol. The molecule has 0 unspecified atom stereocenters. The van der Waals surface area contributed by atoms with Gasteiger partial charge in [-0.3, -0.25) is 0 Å². The van der Waals surface area contributed by atoms with Gasteiger partial charge in [0.25, 0.3) is 0 Å². The SMILES string of the molecule is CCNCc1c(F)cccc1Oc1ccc(OC)cc1. The van der Waals surface area contributed by atoms with E-state index >= 15 is 0 Å². The molecule has 0 spiro atoms. The maximum Gasteiger partial charge on any atom is 0.134 e. The van der Waals surface area contributed by atoms with Gasteiger partial charge in [0.2, 0.25) is 0 Å². The first kappa shape index (κ1) is 14.3. The highest BCUT2D eigenvalue weighted by molar-refractivity contribution is 5.40. The van der Waals surface area contributed by atoms with Crippen LogP contribution in [0, 0.1) is 5.82 Å². The molecule has 106 valence electrons. The molecule has 0 saturated heterocycles. The van der Waals surface area contributed by atoms with Crippen molar-refractivity contribution in [2.45, 2.75) is 13.5 Å². The molecule has 0 aliphatic carbocycles. The smallest absolute Gasteiger partial charge is 0.134 e. The highest BCUT2D eigenvalue weighted by Gasteiger charge is 2.10. The van der Waals surface area contributed by atoms with Crippen molar-refractivity contribution >= 4 is 0 Å². The fourth-order valence-corrected chi connectivity index (χ4v) is 1.83. The van der Waals surface area contributed by atoms with Gasteiger partial charge in [-0.1, -0.05) is 13.0 Å². The number of ether oxygens (including phenoxy) is 2. The molecule has 0 aliphatic heterocycles. The highest BCUT2D eigenvalue weighted by atomic mass is 19.1. The van der Waals surface area contributed by atoms with Gasteiger partial charge in [-0.15, -0.1) is 0 Å². The van der Waals surface area contributed by atoms with E-state index in [1.165, 1.54) is 6.07 Å². The van der Waals surface area contributed by atoms with E-state index in [2.05, 4.69) is 5.32 Å². The largest absolute Gasteiger partial charge is 0.497 e. The highest BCUT2D eigenvalue weighted by Crippen LogP contribution is 2.28. The fraction of sp³-hybridized carbons (Fsp3) is 0.250. The van der Waals surface area contributed by atoms with Crippen LogP contribution in [0.5, 0.6) is 17.2 Å². The summed E-state index contributed by atoms with van der Waals surface area (Å²) in [6, 6.07) is 12.0. The molecule has 0 bridgehead atoms. The predicted octanol–water partition coefficient (Wildman–Crippen LogP) is 3.74. The number of rotatable bonds is 6. The van der Waals surface area contributed by atoms with Crippen LogP contribution in [0.2, 0.25) is 0 Å². The zero-order valence-corrected chi connectivity index (χ0v) is 11.7. The van der Waals surface area contributed by atoms with Crippen LogP contribution in [-0.2, 0) is 6.54 Å². The number of hydrogen-bond donors (Lipinski definition) is 1. The molecule has 0 amide bonds. The average Bonchev–Trinajstić information content (AvgIpc) is 2.47. The Morgan fingerprint density at radius 2 is 1.75 bits per heavy atom. The molecule has 1 N–H and O–H groups in total. The molecule has 2 aromatic carbocycles. The van der Waals surface area contributed by atoms with Crippen molar-refractivity contribution in [1.82, 2.24) is 5.32 Å². The number of halogens is 1. The first-order valence-electron chi connectivity index (χ1n) is 6.54. The van der Waals surface area contributed by atoms with Crippen molar-refractivity contribution in [3.8, 4) is 17.2 Å². The van der Waals surface area contributed by atoms with Gasteiger partial charge in [-0.05, 0) is 42.9 Å². The molecule has 0 aromatic heterocycles. The third kappa shape index (κ3) is 3.48. The minimum absolute atomic E-state index is 0.267. The van der Waals surface area contributed by atoms with E-state index in [4.69, 9.17) is 9.47 Å². The Labute approximate surface area is 118 Å². The summed E-state index contributed by atoms with van der Waals surface area (Å²) < 4.78 is 24.7. The van der Waals surface area contributed by atoms with Crippen LogP contribution < -0.4 is 14.8 Å². The van der Waals surface area contributed by atoms with Crippen LogP contribution in [0.3, 0.4) is 0 Å². The van der Waals surface area contributed by atoms with E-state index in [1.807, 2.05) is 6.92 Å². The van der Waals surface area contributed by atoms with E-state index in [9.17, 15) is 4.39 Å². The second kappa shape index (κ2) is 6.91. The van der Waals surface area contributed by atoms with Gasteiger partial charge < -0.3 is 14.8 Å². The lowest BCUT2D eigenvalue weighted by Crippen LogP contribution is -2.13. The van der Waals surface area contributed by atoms with Gasteiger partial charge in [0.05, 0.1) is 7.11 Å². The molecular weight excluding hydrogens is 257 g/mol. The van der Waals surface area contributed by atoms with Crippen LogP contribution >= 0.6 is 0 Å². The molecule has 20 heavy (non-hydrogen) atoms. The Morgan fingerprint density at radius 3 is 2.40 bits per heavy atom. The second-order valence-electron chi connectivity index (χ2n) is 4.27. The van der Waals surface area contributed by atoms with Gasteiger partial charge in [-0.25, -0.2) is 4.39 Å². The summed E-state index contributed by atoms with van der Waals surface area (Å²) in [6.07, 6.45) is 0. The maximum atomic E-state index is 13.9. The third-order valence-electron chi connectivity index (χ3n) is 2.91. The van der Waals surface area contributed by atoms with Gasteiger partial charge in [0, 0.05) is 12.1 Å². The summed E-state index contributed by atoms with van der Waals surface area (Å²) in [5, 5.41) is 3.11. The Kier molecular flexibility index (Phi) is 4.96. The van der Waals surface area contributed by atoms with Crippen molar-refractivity contribution in [1.29, 1.82) is 0 Å². The number of benzene rings is 2. The topological polar surface area (TPSA) is 30.5 Å². The molecule has 0 aliphatic rings. The zero-order chi connectivity index (χ0) is 14.4. The van der Waals surface area contributed by atoms with E-state index < -0.39 is 0 Å². The summed E-state index contributed by atoms with van der Waals surface area (Å²) in [4.78, 5) is 0. The Balaban J connectivity index is 2.20. The van der Waals surface area contributed by atoms with Crippen molar-refractivity contribution in [2.75, 3.05) is 13.7 Å². The monoisotopic (exact) mass is 275 g/mol. The maximum absolute atomic E-state index is 13.9. The molecule has 0 fully saturated rings. The van der Waals surface area contributed by atoms with Crippen LogP contribution in [0.25, 0.3) is 0 Å². The van der Waals surface area contributed by atoms with Gasteiger partial charge >= 0.3 is 0 Å². The third-order valence-corrected chi connectivity index (χ3v) is 2.91. The molecule has 2 rings (SSSR count). The first-order chi connectivity index (χ1) is 9.74. The van der Waals surface area contributed by atoms with Crippen molar-refractivity contribution < 1.29 is 13.9 Å². The van der Waals surface area contributed by atoms with Gasteiger partial charge in [0.1, 0.15) is 23.1 Å². The summed E-state index contributed by atoms with van der Waals surface area (Å²) >= 11 is 0. The zero-order valence-electron chi connectivity index (χ0n) is 11.7. The molecule has 2 aromatic rings. The second-order valence-corrected chi connectivity index (χ2v) is 4.27. The van der Waals surface area contributed by atoms with E-state index in [0.29, 0.717) is 23.6 Å². The van der Waals surface area contributed by atoms with Crippen LogP contribution in [0.4, 0.5) is 4.39 Å². The van der Waals surface area contributed by atoms with Gasteiger partial charge in [0.15, 0.2) is 0 Å². The van der Waals surface area contributed by atoms with Crippen molar-refractivity contribution in [3.05, 3.63) is 53.8 Å². The Morgan fingerprint density at radius 1 is 1.05 bits per heavy atom. The fourth-order valence-electron chi connectivity index (χ4n) is 1.83. The minimum atomic E-state index is -0.267. The standard InChI is InChI=1S/C16H18FNO2/c1-3-18-11-14-15(17)5-4-6-16(14)20-13-9-7-12(19-2)8-10-13/h4-10,18H,3,11H2,1-2H3. The molecule has 0 saturated carbocycles. The molecule has 0 radical (unpaired) electrons. The van der Waals surface area contributed by atoms with Crippen LogP contribution in [0.1, 0.15) is 12.5 Å². The normalized spacial score (nSPS) is 10.3. The van der Waals surface area contributed by atoms with E-state index in [1.54, 1.807) is 43.5 Å². The summed E-state index contributed by atoms with van der Waals surface area (Å²) in [7, 11) is 1.61. The van der Waals surface area contributed by atoms with Gasteiger partial charge in [-0.2, -0.15) is 0 Å². The summed E-state index contributed by atoms with van der Waals surface area (Å²) in [5.74, 6) is 1.66. The number of hydrogen-bond acceptors (Lipinski definition) is 3. The molecule has 0 heterocycles. The lowest BCUT2D eigenvalue weighted by Gasteiger charge is -2.12. The lowest BCUT2D eigenvalue weighted by atomic mass is 10.2. The van der Waals surface area contributed by atoms with Crippen molar-refractivity contribution in [3.63, 3.8) is 0 Å². The molecular formula is C16H18FNO2. The van der Waals surface area contributed by atoms with Crippen LogP contribution in [0.15, 0.2) is 42.5 Å². The molecule has 3 nitrogen and oxygen atoms in total. The van der Waals surface area contributed by atoms with Crippen molar-refractivity contribution in [2.24, 2.45) is 0 Å². The van der Waals surface area contributed by atoms with Crippen LogP contribution in [-0.4, -0.2) is 13.7 Å². The Hall–Kier alpha value is -2.07.